The highest BCUT2D eigenvalue weighted by Gasteiger charge is 2.20. The van der Waals surface area contributed by atoms with E-state index in [1.165, 1.54) is 12.7 Å². The normalized spacial score (nSPS) is 11.7. The molecule has 0 spiro atoms. The maximum Gasteiger partial charge on any atom is 0.310 e. The van der Waals surface area contributed by atoms with Crippen LogP contribution in [-0.4, -0.2) is 43.6 Å². The first kappa shape index (κ1) is 19.0. The summed E-state index contributed by atoms with van der Waals surface area (Å²) < 4.78 is 10.4. The third-order valence-electron chi connectivity index (χ3n) is 3.74. The number of carbonyl (C=O) groups is 2. The van der Waals surface area contributed by atoms with Crippen molar-refractivity contribution in [2.45, 2.75) is 34.1 Å². The third kappa shape index (κ3) is 5.93. The standard InChI is InChI=1S/C18H27NO4/c1-6-19(12-15(4)18(21)22-5)17(20)9-10-23-16-8-7-13(2)11-14(16)3/h7-8,11,15H,6,9-10,12H2,1-5H3. The van der Waals surface area contributed by atoms with E-state index >= 15 is 0 Å². The van der Waals surface area contributed by atoms with E-state index in [1.54, 1.807) is 11.8 Å². The van der Waals surface area contributed by atoms with Crippen molar-refractivity contribution in [3.63, 3.8) is 0 Å². The van der Waals surface area contributed by atoms with Gasteiger partial charge in [-0.3, -0.25) is 9.59 Å². The zero-order valence-electron chi connectivity index (χ0n) is 14.7. The number of carbonyl (C=O) groups excluding carboxylic acids is 2. The summed E-state index contributed by atoms with van der Waals surface area (Å²) in [7, 11) is 1.36. The van der Waals surface area contributed by atoms with Gasteiger partial charge in [-0.05, 0) is 32.4 Å². The summed E-state index contributed by atoms with van der Waals surface area (Å²) in [6.07, 6.45) is 0.287. The highest BCUT2D eigenvalue weighted by molar-refractivity contribution is 5.78. The van der Waals surface area contributed by atoms with Gasteiger partial charge < -0.3 is 14.4 Å². The van der Waals surface area contributed by atoms with E-state index < -0.39 is 0 Å². The fraction of sp³-hybridized carbons (Fsp3) is 0.556. The van der Waals surface area contributed by atoms with E-state index in [2.05, 4.69) is 0 Å². The van der Waals surface area contributed by atoms with E-state index in [9.17, 15) is 9.59 Å². The van der Waals surface area contributed by atoms with E-state index in [1.807, 2.05) is 39.0 Å². The number of hydrogen-bond donors (Lipinski definition) is 0. The SMILES string of the molecule is CCN(CC(C)C(=O)OC)C(=O)CCOc1ccc(C)cc1C. The van der Waals surface area contributed by atoms with Crippen LogP contribution in [0.4, 0.5) is 0 Å². The molecule has 1 amide bonds. The van der Waals surface area contributed by atoms with Crippen LogP contribution in [0.5, 0.6) is 5.75 Å². The van der Waals surface area contributed by atoms with Gasteiger partial charge in [0, 0.05) is 13.1 Å². The van der Waals surface area contributed by atoms with Gasteiger partial charge in [0.25, 0.3) is 0 Å². The number of esters is 1. The molecule has 5 heteroatoms. The van der Waals surface area contributed by atoms with Gasteiger partial charge in [0.05, 0.1) is 26.1 Å². The lowest BCUT2D eigenvalue weighted by Gasteiger charge is -2.23. The average molecular weight is 321 g/mol. The van der Waals surface area contributed by atoms with Crippen molar-refractivity contribution in [3.05, 3.63) is 29.3 Å². The molecule has 0 saturated carbocycles. The van der Waals surface area contributed by atoms with E-state index in [4.69, 9.17) is 9.47 Å². The Hall–Kier alpha value is -2.04. The first-order chi connectivity index (χ1) is 10.9. The zero-order valence-corrected chi connectivity index (χ0v) is 14.7. The summed E-state index contributed by atoms with van der Waals surface area (Å²) in [5, 5.41) is 0. The van der Waals surface area contributed by atoms with Crippen LogP contribution in [0.25, 0.3) is 0 Å². The van der Waals surface area contributed by atoms with E-state index in [0.717, 1.165) is 11.3 Å². The second-order valence-electron chi connectivity index (χ2n) is 5.72. The number of nitrogens with zero attached hydrogens (tertiary/aromatic N) is 1. The summed E-state index contributed by atoms with van der Waals surface area (Å²) in [5.41, 5.74) is 2.24. The lowest BCUT2D eigenvalue weighted by atomic mass is 10.1. The number of ether oxygens (including phenoxy) is 2. The summed E-state index contributed by atoms with van der Waals surface area (Å²) in [6, 6.07) is 5.96. The van der Waals surface area contributed by atoms with Gasteiger partial charge in [0.15, 0.2) is 0 Å². The summed E-state index contributed by atoms with van der Waals surface area (Å²) >= 11 is 0. The maximum atomic E-state index is 12.2. The van der Waals surface area contributed by atoms with Crippen LogP contribution < -0.4 is 4.74 Å². The van der Waals surface area contributed by atoms with E-state index in [0.29, 0.717) is 19.7 Å². The minimum absolute atomic E-state index is 0.0204. The summed E-state index contributed by atoms with van der Waals surface area (Å²) in [5.74, 6) is 0.148. The predicted molar refractivity (Wildman–Crippen MR) is 89.5 cm³/mol. The topological polar surface area (TPSA) is 55.8 Å². The van der Waals surface area contributed by atoms with Gasteiger partial charge in [-0.25, -0.2) is 0 Å². The molecule has 0 aromatic heterocycles. The van der Waals surface area contributed by atoms with Gasteiger partial charge in [-0.2, -0.15) is 0 Å². The molecule has 5 nitrogen and oxygen atoms in total. The predicted octanol–water partition coefficient (Wildman–Crippen LogP) is 2.73. The highest BCUT2D eigenvalue weighted by atomic mass is 16.5. The Labute approximate surface area is 138 Å². The molecule has 1 aromatic rings. The number of hydrogen-bond acceptors (Lipinski definition) is 4. The molecule has 0 saturated heterocycles. The smallest absolute Gasteiger partial charge is 0.310 e. The number of benzene rings is 1. The molecular formula is C18H27NO4. The fourth-order valence-electron chi connectivity index (χ4n) is 2.38. The number of aryl methyl sites for hydroxylation is 2. The van der Waals surface area contributed by atoms with E-state index in [-0.39, 0.29) is 24.2 Å². The van der Waals surface area contributed by atoms with Gasteiger partial charge >= 0.3 is 5.97 Å². The van der Waals surface area contributed by atoms with Crippen LogP contribution in [0.15, 0.2) is 18.2 Å². The number of rotatable bonds is 8. The molecule has 0 bridgehead atoms. The highest BCUT2D eigenvalue weighted by Crippen LogP contribution is 2.18. The molecule has 0 heterocycles. The van der Waals surface area contributed by atoms with Gasteiger partial charge in [0.2, 0.25) is 5.91 Å². The van der Waals surface area contributed by atoms with Crippen LogP contribution in [0.3, 0.4) is 0 Å². The van der Waals surface area contributed by atoms with Crippen molar-refractivity contribution in [2.75, 3.05) is 26.8 Å². The number of methoxy groups -OCH3 is 1. The Morgan fingerprint density at radius 2 is 1.96 bits per heavy atom. The van der Waals surface area contributed by atoms with Crippen molar-refractivity contribution in [1.29, 1.82) is 0 Å². The van der Waals surface area contributed by atoms with Gasteiger partial charge in [-0.1, -0.05) is 24.6 Å². The molecule has 1 unspecified atom stereocenters. The Kier molecular flexibility index (Phi) is 7.59. The van der Waals surface area contributed by atoms with Crippen molar-refractivity contribution >= 4 is 11.9 Å². The third-order valence-corrected chi connectivity index (χ3v) is 3.74. The Bertz CT molecular complexity index is 542. The number of amides is 1. The monoisotopic (exact) mass is 321 g/mol. The molecule has 1 rings (SSSR count). The molecule has 0 radical (unpaired) electrons. The second kappa shape index (κ2) is 9.18. The lowest BCUT2D eigenvalue weighted by Crippen LogP contribution is -2.37. The Balaban J connectivity index is 2.49. The Morgan fingerprint density at radius 3 is 2.52 bits per heavy atom. The van der Waals surface area contributed by atoms with Crippen LogP contribution in [0.1, 0.15) is 31.4 Å². The van der Waals surface area contributed by atoms with Gasteiger partial charge in [0.1, 0.15) is 5.75 Å². The molecule has 23 heavy (non-hydrogen) atoms. The summed E-state index contributed by atoms with van der Waals surface area (Å²) in [4.78, 5) is 25.4. The molecule has 1 atom stereocenters. The van der Waals surface area contributed by atoms with Crippen molar-refractivity contribution in [1.82, 2.24) is 4.90 Å². The Morgan fingerprint density at radius 1 is 1.26 bits per heavy atom. The second-order valence-corrected chi connectivity index (χ2v) is 5.72. The lowest BCUT2D eigenvalue weighted by molar-refractivity contribution is -0.146. The molecule has 0 aliphatic carbocycles. The zero-order chi connectivity index (χ0) is 17.4. The van der Waals surface area contributed by atoms with Crippen molar-refractivity contribution in [3.8, 4) is 5.75 Å². The maximum absolute atomic E-state index is 12.2. The molecule has 0 aliphatic rings. The molecule has 0 N–H and O–H groups in total. The first-order valence-electron chi connectivity index (χ1n) is 7.94. The first-order valence-corrected chi connectivity index (χ1v) is 7.94. The molecule has 1 aromatic carbocycles. The van der Waals surface area contributed by atoms with Crippen LogP contribution in [0.2, 0.25) is 0 Å². The van der Waals surface area contributed by atoms with Crippen LogP contribution >= 0.6 is 0 Å². The minimum Gasteiger partial charge on any atom is -0.493 e. The minimum atomic E-state index is -0.329. The van der Waals surface area contributed by atoms with Crippen LogP contribution in [-0.2, 0) is 14.3 Å². The van der Waals surface area contributed by atoms with Gasteiger partial charge in [-0.15, -0.1) is 0 Å². The molecular weight excluding hydrogens is 294 g/mol. The average Bonchev–Trinajstić information content (AvgIpc) is 2.53. The van der Waals surface area contributed by atoms with Crippen molar-refractivity contribution in [2.24, 2.45) is 5.92 Å². The van der Waals surface area contributed by atoms with Crippen molar-refractivity contribution < 1.29 is 19.1 Å². The molecule has 128 valence electrons. The quantitative estimate of drug-likeness (QED) is 0.691. The van der Waals surface area contributed by atoms with Crippen LogP contribution in [0, 0.1) is 19.8 Å². The fourth-order valence-corrected chi connectivity index (χ4v) is 2.38. The molecule has 0 aliphatic heterocycles. The summed E-state index contributed by atoms with van der Waals surface area (Å²) in [6.45, 7) is 8.92. The largest absolute Gasteiger partial charge is 0.493 e. The molecule has 0 fully saturated rings.